The van der Waals surface area contributed by atoms with Crippen LogP contribution in [-0.2, 0) is 4.79 Å². The highest BCUT2D eigenvalue weighted by atomic mass is 16.1. The summed E-state index contributed by atoms with van der Waals surface area (Å²) in [5.41, 5.74) is 5.45. The maximum absolute atomic E-state index is 10.1. The van der Waals surface area contributed by atoms with Crippen LogP contribution in [0.2, 0.25) is 0 Å². The third kappa shape index (κ3) is 1.48. The van der Waals surface area contributed by atoms with Crippen LogP contribution >= 0.6 is 0 Å². The molecule has 3 heteroatoms. The molecule has 0 heterocycles. The van der Waals surface area contributed by atoms with E-state index in [-0.39, 0.29) is 6.04 Å². The molecule has 0 aromatic carbocycles. The van der Waals surface area contributed by atoms with Gasteiger partial charge in [0, 0.05) is 12.6 Å². The lowest BCUT2D eigenvalue weighted by molar-refractivity contribution is -0.110. The first-order valence-corrected chi connectivity index (χ1v) is 3.78. The van der Waals surface area contributed by atoms with Crippen LogP contribution in [0.15, 0.2) is 0 Å². The zero-order valence-electron chi connectivity index (χ0n) is 6.05. The zero-order chi connectivity index (χ0) is 7.40. The largest absolute Gasteiger partial charge is 0.354 e. The number of carbonyl (C=O) groups excluding carboxylic acids is 1. The summed E-state index contributed by atoms with van der Waals surface area (Å²) < 4.78 is 0. The second-order valence-electron chi connectivity index (χ2n) is 2.82. The van der Waals surface area contributed by atoms with Gasteiger partial charge in [-0.3, -0.25) is 4.79 Å². The van der Waals surface area contributed by atoms with E-state index in [4.69, 9.17) is 5.73 Å². The standard InChI is InChI=1S/C7H14N2O/c8-4-7(9-5-10)6-2-1-3-6/h5-7H,1-4,8H2,(H,9,10). The molecule has 10 heavy (non-hydrogen) atoms. The van der Waals surface area contributed by atoms with Crippen molar-refractivity contribution in [1.29, 1.82) is 0 Å². The van der Waals surface area contributed by atoms with Gasteiger partial charge in [-0.05, 0) is 18.8 Å². The van der Waals surface area contributed by atoms with Crippen LogP contribution in [0.1, 0.15) is 19.3 Å². The summed E-state index contributed by atoms with van der Waals surface area (Å²) in [4.78, 5) is 10.1. The summed E-state index contributed by atoms with van der Waals surface area (Å²) in [6.45, 7) is 0.573. The average molecular weight is 142 g/mol. The Bertz CT molecular complexity index is 112. The van der Waals surface area contributed by atoms with E-state index >= 15 is 0 Å². The van der Waals surface area contributed by atoms with Gasteiger partial charge in [0.05, 0.1) is 0 Å². The SMILES string of the molecule is NCC(NC=O)C1CCC1. The normalized spacial score (nSPS) is 21.3. The lowest BCUT2D eigenvalue weighted by Gasteiger charge is -2.32. The van der Waals surface area contributed by atoms with Crippen LogP contribution in [0, 0.1) is 5.92 Å². The maximum Gasteiger partial charge on any atom is 0.207 e. The highest BCUT2D eigenvalue weighted by Crippen LogP contribution is 2.28. The second kappa shape index (κ2) is 3.56. The Kier molecular flexibility index (Phi) is 2.68. The van der Waals surface area contributed by atoms with Crippen molar-refractivity contribution in [1.82, 2.24) is 5.32 Å². The van der Waals surface area contributed by atoms with Crippen molar-refractivity contribution in [3.63, 3.8) is 0 Å². The minimum Gasteiger partial charge on any atom is -0.354 e. The van der Waals surface area contributed by atoms with E-state index in [0.717, 1.165) is 6.41 Å². The molecule has 1 amide bonds. The van der Waals surface area contributed by atoms with Gasteiger partial charge >= 0.3 is 0 Å². The molecular formula is C7H14N2O. The Labute approximate surface area is 61.0 Å². The summed E-state index contributed by atoms with van der Waals surface area (Å²) in [6, 6.07) is 0.228. The predicted octanol–water partition coefficient (Wildman–Crippen LogP) is -0.140. The Morgan fingerprint density at radius 2 is 2.40 bits per heavy atom. The average Bonchev–Trinajstić information content (AvgIpc) is 1.83. The van der Waals surface area contributed by atoms with Gasteiger partial charge < -0.3 is 11.1 Å². The minimum absolute atomic E-state index is 0.228. The molecule has 0 saturated heterocycles. The molecular weight excluding hydrogens is 128 g/mol. The fraction of sp³-hybridized carbons (Fsp3) is 0.857. The van der Waals surface area contributed by atoms with Crippen molar-refractivity contribution in [3.8, 4) is 0 Å². The monoisotopic (exact) mass is 142 g/mol. The van der Waals surface area contributed by atoms with Crippen molar-refractivity contribution in [3.05, 3.63) is 0 Å². The Morgan fingerprint density at radius 3 is 2.70 bits per heavy atom. The van der Waals surface area contributed by atoms with E-state index < -0.39 is 0 Å². The maximum atomic E-state index is 10.1. The van der Waals surface area contributed by atoms with Crippen molar-refractivity contribution in [2.24, 2.45) is 11.7 Å². The smallest absolute Gasteiger partial charge is 0.207 e. The Balaban J connectivity index is 2.23. The molecule has 1 aliphatic rings. The Morgan fingerprint density at radius 1 is 1.70 bits per heavy atom. The molecule has 0 radical (unpaired) electrons. The molecule has 0 bridgehead atoms. The molecule has 0 aromatic rings. The van der Waals surface area contributed by atoms with Crippen LogP contribution in [0.4, 0.5) is 0 Å². The first-order valence-electron chi connectivity index (χ1n) is 3.78. The van der Waals surface area contributed by atoms with Crippen molar-refractivity contribution in [2.75, 3.05) is 6.54 Å². The van der Waals surface area contributed by atoms with Gasteiger partial charge in [-0.25, -0.2) is 0 Å². The first kappa shape index (κ1) is 7.54. The molecule has 0 aromatic heterocycles. The highest BCUT2D eigenvalue weighted by molar-refractivity contribution is 5.46. The van der Waals surface area contributed by atoms with E-state index in [1.165, 1.54) is 19.3 Å². The fourth-order valence-electron chi connectivity index (χ4n) is 1.33. The molecule has 58 valence electrons. The molecule has 3 nitrogen and oxygen atoms in total. The summed E-state index contributed by atoms with van der Waals surface area (Å²) in [6.07, 6.45) is 4.49. The van der Waals surface area contributed by atoms with Crippen molar-refractivity contribution >= 4 is 6.41 Å². The number of amides is 1. The van der Waals surface area contributed by atoms with E-state index in [0.29, 0.717) is 12.5 Å². The highest BCUT2D eigenvalue weighted by Gasteiger charge is 2.25. The van der Waals surface area contributed by atoms with Crippen LogP contribution in [0.3, 0.4) is 0 Å². The molecule has 1 unspecified atom stereocenters. The van der Waals surface area contributed by atoms with Gasteiger partial charge in [0.15, 0.2) is 0 Å². The van der Waals surface area contributed by atoms with Crippen LogP contribution in [0.5, 0.6) is 0 Å². The molecule has 3 N–H and O–H groups in total. The third-order valence-corrected chi connectivity index (χ3v) is 2.25. The van der Waals surface area contributed by atoms with Crippen LogP contribution in [-0.4, -0.2) is 19.0 Å². The molecule has 1 saturated carbocycles. The quantitative estimate of drug-likeness (QED) is 0.537. The molecule has 0 spiro atoms. The minimum atomic E-state index is 0.228. The Hall–Kier alpha value is -0.570. The van der Waals surface area contributed by atoms with E-state index in [1.807, 2.05) is 0 Å². The van der Waals surface area contributed by atoms with Gasteiger partial charge in [0.2, 0.25) is 6.41 Å². The third-order valence-electron chi connectivity index (χ3n) is 2.25. The van der Waals surface area contributed by atoms with Gasteiger partial charge in [-0.15, -0.1) is 0 Å². The van der Waals surface area contributed by atoms with Crippen LogP contribution in [0.25, 0.3) is 0 Å². The van der Waals surface area contributed by atoms with E-state index in [2.05, 4.69) is 5.32 Å². The number of nitrogens with two attached hydrogens (primary N) is 1. The molecule has 1 atom stereocenters. The number of hydrogen-bond acceptors (Lipinski definition) is 2. The molecule has 1 fully saturated rings. The molecule has 0 aliphatic heterocycles. The summed E-state index contributed by atoms with van der Waals surface area (Å²) in [7, 11) is 0. The number of hydrogen-bond donors (Lipinski definition) is 2. The van der Waals surface area contributed by atoms with E-state index in [9.17, 15) is 4.79 Å². The van der Waals surface area contributed by atoms with Crippen molar-refractivity contribution in [2.45, 2.75) is 25.3 Å². The summed E-state index contributed by atoms with van der Waals surface area (Å²) >= 11 is 0. The summed E-state index contributed by atoms with van der Waals surface area (Å²) in [5, 5.41) is 2.73. The number of carbonyl (C=O) groups is 1. The lowest BCUT2D eigenvalue weighted by atomic mass is 9.80. The zero-order valence-corrected chi connectivity index (χ0v) is 6.05. The lowest BCUT2D eigenvalue weighted by Crippen LogP contribution is -2.44. The van der Waals surface area contributed by atoms with E-state index in [1.54, 1.807) is 0 Å². The fourth-order valence-corrected chi connectivity index (χ4v) is 1.33. The number of rotatable bonds is 4. The topological polar surface area (TPSA) is 55.1 Å². The second-order valence-corrected chi connectivity index (χ2v) is 2.82. The van der Waals surface area contributed by atoms with Crippen molar-refractivity contribution < 1.29 is 4.79 Å². The van der Waals surface area contributed by atoms with Crippen LogP contribution < -0.4 is 11.1 Å². The van der Waals surface area contributed by atoms with Gasteiger partial charge in [0.1, 0.15) is 0 Å². The predicted molar refractivity (Wildman–Crippen MR) is 39.4 cm³/mol. The molecule has 1 rings (SSSR count). The first-order chi connectivity index (χ1) is 4.88. The van der Waals surface area contributed by atoms with Gasteiger partial charge in [-0.2, -0.15) is 0 Å². The van der Waals surface area contributed by atoms with Gasteiger partial charge in [-0.1, -0.05) is 6.42 Å². The number of nitrogens with one attached hydrogen (secondary N) is 1. The molecule has 1 aliphatic carbocycles. The van der Waals surface area contributed by atoms with Gasteiger partial charge in [0.25, 0.3) is 0 Å². The summed E-state index contributed by atoms with van der Waals surface area (Å²) in [5.74, 6) is 0.648.